The third-order valence-electron chi connectivity index (χ3n) is 3.90. The summed E-state index contributed by atoms with van der Waals surface area (Å²) in [4.78, 5) is 35.8. The van der Waals surface area contributed by atoms with Crippen molar-refractivity contribution in [2.45, 2.75) is 52.0 Å². The zero-order chi connectivity index (χ0) is 17.5. The largest absolute Gasteiger partial charge is 0.325 e. The number of benzene rings is 1. The van der Waals surface area contributed by atoms with Crippen LogP contribution in [0.25, 0.3) is 0 Å². The van der Waals surface area contributed by atoms with Crippen LogP contribution in [0.2, 0.25) is 0 Å². The molecule has 1 rings (SSSR count). The van der Waals surface area contributed by atoms with Crippen LogP contribution in [0, 0.1) is 0 Å². The molecule has 0 unspecified atom stereocenters. The van der Waals surface area contributed by atoms with Crippen LogP contribution in [0.5, 0.6) is 0 Å². The van der Waals surface area contributed by atoms with E-state index in [1.165, 1.54) is 6.92 Å². The van der Waals surface area contributed by atoms with Crippen LogP contribution in [0.15, 0.2) is 28.7 Å². The second-order valence-corrected chi connectivity index (χ2v) is 6.42. The minimum atomic E-state index is -0.936. The number of nitrogens with one attached hydrogen (secondary N) is 2. The highest BCUT2D eigenvalue weighted by molar-refractivity contribution is 9.10. The molecule has 1 aromatic carbocycles. The van der Waals surface area contributed by atoms with E-state index < -0.39 is 11.6 Å². The van der Waals surface area contributed by atoms with Crippen molar-refractivity contribution in [1.82, 2.24) is 5.32 Å². The first kappa shape index (κ1) is 19.4. The molecule has 6 heteroatoms. The average Bonchev–Trinajstić information content (AvgIpc) is 2.52. The number of halogens is 1. The Hall–Kier alpha value is -1.69. The standard InChI is InChI=1S/C17H23BrN2O3/c1-4-17(5-2,15(22)11-6-12(3)21)20-16(23)19-14-9-7-13(18)8-10-14/h7-10H,4-6,11H2,1-3H3,(H2,19,20,23). The Bertz CT molecular complexity index is 566. The molecule has 0 bridgehead atoms. The second-order valence-electron chi connectivity index (χ2n) is 5.50. The van der Waals surface area contributed by atoms with Crippen LogP contribution < -0.4 is 10.6 Å². The molecule has 5 nitrogen and oxygen atoms in total. The van der Waals surface area contributed by atoms with Gasteiger partial charge in [0.25, 0.3) is 0 Å². The predicted molar refractivity (Wildman–Crippen MR) is 94.5 cm³/mol. The molecule has 2 amide bonds. The monoisotopic (exact) mass is 382 g/mol. The van der Waals surface area contributed by atoms with Crippen molar-refractivity contribution in [3.8, 4) is 0 Å². The van der Waals surface area contributed by atoms with Crippen molar-refractivity contribution in [1.29, 1.82) is 0 Å². The van der Waals surface area contributed by atoms with Gasteiger partial charge in [0.1, 0.15) is 5.78 Å². The zero-order valence-corrected chi connectivity index (χ0v) is 15.3. The van der Waals surface area contributed by atoms with Crippen molar-refractivity contribution in [2.75, 3.05) is 5.32 Å². The average molecular weight is 383 g/mol. The molecular weight excluding hydrogens is 360 g/mol. The van der Waals surface area contributed by atoms with Crippen LogP contribution in [0.4, 0.5) is 10.5 Å². The molecule has 0 radical (unpaired) electrons. The number of hydrogen-bond acceptors (Lipinski definition) is 3. The van der Waals surface area contributed by atoms with E-state index in [9.17, 15) is 14.4 Å². The molecule has 0 aliphatic heterocycles. The Morgan fingerprint density at radius 1 is 1.04 bits per heavy atom. The maximum atomic E-state index is 12.5. The number of carbonyl (C=O) groups excluding carboxylic acids is 3. The molecule has 126 valence electrons. The van der Waals surface area contributed by atoms with E-state index in [0.29, 0.717) is 18.5 Å². The van der Waals surface area contributed by atoms with Crippen molar-refractivity contribution in [2.24, 2.45) is 0 Å². The van der Waals surface area contributed by atoms with E-state index in [1.807, 2.05) is 26.0 Å². The summed E-state index contributed by atoms with van der Waals surface area (Å²) in [5.74, 6) is -0.137. The van der Waals surface area contributed by atoms with Gasteiger partial charge in [-0.15, -0.1) is 0 Å². The summed E-state index contributed by atoms with van der Waals surface area (Å²) < 4.78 is 0.916. The van der Waals surface area contributed by atoms with E-state index in [1.54, 1.807) is 12.1 Å². The Morgan fingerprint density at radius 2 is 1.61 bits per heavy atom. The number of amides is 2. The summed E-state index contributed by atoms with van der Waals surface area (Å²) in [5.41, 5.74) is -0.294. The number of ketones is 2. The molecule has 0 saturated carbocycles. The summed E-state index contributed by atoms with van der Waals surface area (Å²) in [5, 5.41) is 5.52. The maximum Gasteiger partial charge on any atom is 0.320 e. The fourth-order valence-corrected chi connectivity index (χ4v) is 2.60. The Kier molecular flexibility index (Phi) is 7.42. The molecule has 0 aliphatic rings. The Labute approximate surface area is 145 Å². The molecule has 0 aliphatic carbocycles. The van der Waals surface area contributed by atoms with Crippen molar-refractivity contribution in [3.63, 3.8) is 0 Å². The van der Waals surface area contributed by atoms with Gasteiger partial charge < -0.3 is 15.4 Å². The highest BCUT2D eigenvalue weighted by Crippen LogP contribution is 2.20. The first-order chi connectivity index (χ1) is 10.8. The smallest absolute Gasteiger partial charge is 0.320 e. The molecule has 0 spiro atoms. The van der Waals surface area contributed by atoms with Crippen molar-refractivity contribution < 1.29 is 14.4 Å². The molecule has 0 aromatic heterocycles. The highest BCUT2D eigenvalue weighted by Gasteiger charge is 2.35. The van der Waals surface area contributed by atoms with Gasteiger partial charge in [0.15, 0.2) is 5.78 Å². The third-order valence-corrected chi connectivity index (χ3v) is 4.43. The quantitative estimate of drug-likeness (QED) is 0.711. The number of rotatable bonds is 8. The summed E-state index contributed by atoms with van der Waals surface area (Å²) in [6.07, 6.45) is 1.31. The molecule has 0 atom stereocenters. The molecule has 0 fully saturated rings. The number of hydrogen-bond donors (Lipinski definition) is 2. The second kappa shape index (κ2) is 8.82. The van der Waals surface area contributed by atoms with E-state index in [-0.39, 0.29) is 24.4 Å². The van der Waals surface area contributed by atoms with Gasteiger partial charge in [0.05, 0.1) is 5.54 Å². The van der Waals surface area contributed by atoms with Gasteiger partial charge in [-0.3, -0.25) is 4.79 Å². The lowest BCUT2D eigenvalue weighted by atomic mass is 9.85. The number of carbonyl (C=O) groups is 3. The minimum Gasteiger partial charge on any atom is -0.325 e. The van der Waals surface area contributed by atoms with Gasteiger partial charge in [-0.25, -0.2) is 4.79 Å². The predicted octanol–water partition coefficient (Wildman–Crippen LogP) is 4.07. The van der Waals surface area contributed by atoms with Gasteiger partial charge in [-0.2, -0.15) is 0 Å². The van der Waals surface area contributed by atoms with E-state index >= 15 is 0 Å². The Balaban J connectivity index is 2.76. The normalized spacial score (nSPS) is 11.0. The lowest BCUT2D eigenvalue weighted by molar-refractivity contribution is -0.127. The van der Waals surface area contributed by atoms with Crippen molar-refractivity contribution >= 4 is 39.2 Å². The fraction of sp³-hybridized carbons (Fsp3) is 0.471. The topological polar surface area (TPSA) is 75.3 Å². The van der Waals surface area contributed by atoms with Gasteiger partial charge in [0.2, 0.25) is 0 Å². The number of anilines is 1. The third kappa shape index (κ3) is 5.78. The summed E-state index contributed by atoms with van der Waals surface area (Å²) in [6, 6.07) is 6.75. The fourth-order valence-electron chi connectivity index (χ4n) is 2.33. The SMILES string of the molecule is CCC(CC)(NC(=O)Nc1ccc(Br)cc1)C(=O)CCC(C)=O. The molecule has 23 heavy (non-hydrogen) atoms. The lowest BCUT2D eigenvalue weighted by Gasteiger charge is -2.31. The molecule has 1 aromatic rings. The molecule has 2 N–H and O–H groups in total. The summed E-state index contributed by atoms with van der Waals surface area (Å²) >= 11 is 3.33. The van der Waals surface area contributed by atoms with Crippen LogP contribution in [-0.2, 0) is 9.59 Å². The van der Waals surface area contributed by atoms with E-state index in [0.717, 1.165) is 4.47 Å². The molecule has 0 heterocycles. The maximum absolute atomic E-state index is 12.5. The van der Waals surface area contributed by atoms with Crippen molar-refractivity contribution in [3.05, 3.63) is 28.7 Å². The van der Waals surface area contributed by atoms with Gasteiger partial charge >= 0.3 is 6.03 Å². The summed E-state index contributed by atoms with van der Waals surface area (Å²) in [7, 11) is 0. The van der Waals surface area contributed by atoms with Crippen LogP contribution in [0.3, 0.4) is 0 Å². The van der Waals surface area contributed by atoms with E-state index in [2.05, 4.69) is 26.6 Å². The Morgan fingerprint density at radius 3 is 2.09 bits per heavy atom. The first-order valence-electron chi connectivity index (χ1n) is 7.70. The minimum absolute atomic E-state index is 0.0289. The zero-order valence-electron chi connectivity index (χ0n) is 13.7. The van der Waals surface area contributed by atoms with Gasteiger partial charge in [-0.05, 0) is 44.0 Å². The number of urea groups is 1. The molecule has 0 saturated heterocycles. The highest BCUT2D eigenvalue weighted by atomic mass is 79.9. The van der Waals surface area contributed by atoms with Crippen LogP contribution in [0.1, 0.15) is 46.5 Å². The first-order valence-corrected chi connectivity index (χ1v) is 8.49. The molecular formula is C17H23BrN2O3. The number of Topliss-reactive ketones (excluding diaryl/α,β-unsaturated/α-hetero) is 2. The summed E-state index contributed by atoms with van der Waals surface area (Å²) in [6.45, 7) is 5.17. The van der Waals surface area contributed by atoms with Crippen LogP contribution in [-0.4, -0.2) is 23.1 Å². The van der Waals surface area contributed by atoms with Gasteiger partial charge in [-0.1, -0.05) is 29.8 Å². The van der Waals surface area contributed by atoms with E-state index in [4.69, 9.17) is 0 Å². The lowest BCUT2D eigenvalue weighted by Crippen LogP contribution is -2.55. The van der Waals surface area contributed by atoms with Gasteiger partial charge in [0, 0.05) is 23.0 Å². The van der Waals surface area contributed by atoms with Crippen LogP contribution >= 0.6 is 15.9 Å².